The van der Waals surface area contributed by atoms with Crippen LogP contribution in [0.5, 0.6) is 0 Å². The van der Waals surface area contributed by atoms with E-state index in [9.17, 15) is 4.39 Å². The number of rotatable bonds is 9. The molecule has 0 aliphatic rings. The van der Waals surface area contributed by atoms with Crippen LogP contribution in [-0.4, -0.2) is 36.8 Å². The fourth-order valence-corrected chi connectivity index (χ4v) is 2.80. The van der Waals surface area contributed by atoms with Gasteiger partial charge in [-0.25, -0.2) is 4.39 Å². The largest absolute Gasteiger partial charge is 0.313 e. The van der Waals surface area contributed by atoms with Gasteiger partial charge in [-0.2, -0.15) is 0 Å². The Hall–Kier alpha value is -0.580. The lowest BCUT2D eigenvalue weighted by Gasteiger charge is -2.17. The summed E-state index contributed by atoms with van der Waals surface area (Å²) in [4.78, 5) is 3.11. The van der Waals surface area contributed by atoms with Gasteiger partial charge in [0.1, 0.15) is 5.82 Å². The van der Waals surface area contributed by atoms with Gasteiger partial charge in [0, 0.05) is 23.7 Å². The first-order valence-corrected chi connectivity index (χ1v) is 8.04. The van der Waals surface area contributed by atoms with Crippen molar-refractivity contribution in [2.24, 2.45) is 0 Å². The highest BCUT2D eigenvalue weighted by Gasteiger charge is 2.05. The summed E-state index contributed by atoms with van der Waals surface area (Å²) in [6.45, 7) is 11.1. The standard InChI is InChI=1S/C15H25FN2S/c1-4-17-12-13-7-8-15(14(16)11-13)19-10-9-18(5-2)6-3/h7-8,11,17H,4-6,9-10,12H2,1-3H3. The molecule has 0 aromatic heterocycles. The lowest BCUT2D eigenvalue weighted by Crippen LogP contribution is -2.25. The van der Waals surface area contributed by atoms with Crippen LogP contribution in [0, 0.1) is 5.82 Å². The van der Waals surface area contributed by atoms with Crippen molar-refractivity contribution >= 4 is 11.8 Å². The zero-order valence-electron chi connectivity index (χ0n) is 12.2. The van der Waals surface area contributed by atoms with E-state index < -0.39 is 0 Å². The molecule has 0 saturated carbocycles. The third-order valence-electron chi connectivity index (χ3n) is 3.13. The summed E-state index contributed by atoms with van der Waals surface area (Å²) >= 11 is 1.60. The molecule has 19 heavy (non-hydrogen) atoms. The van der Waals surface area contributed by atoms with E-state index in [4.69, 9.17) is 0 Å². The van der Waals surface area contributed by atoms with Gasteiger partial charge in [0.25, 0.3) is 0 Å². The molecule has 0 atom stereocenters. The van der Waals surface area contributed by atoms with Gasteiger partial charge in [-0.15, -0.1) is 11.8 Å². The Balaban J connectivity index is 2.46. The van der Waals surface area contributed by atoms with E-state index in [1.807, 2.05) is 19.1 Å². The van der Waals surface area contributed by atoms with E-state index in [1.165, 1.54) is 0 Å². The van der Waals surface area contributed by atoms with Crippen LogP contribution in [0.25, 0.3) is 0 Å². The van der Waals surface area contributed by atoms with Crippen LogP contribution in [-0.2, 0) is 6.54 Å². The van der Waals surface area contributed by atoms with Gasteiger partial charge in [-0.1, -0.05) is 26.8 Å². The smallest absolute Gasteiger partial charge is 0.137 e. The van der Waals surface area contributed by atoms with Crippen LogP contribution < -0.4 is 5.32 Å². The van der Waals surface area contributed by atoms with Crippen LogP contribution in [0.15, 0.2) is 23.1 Å². The summed E-state index contributed by atoms with van der Waals surface area (Å²) in [7, 11) is 0. The maximum Gasteiger partial charge on any atom is 0.137 e. The third-order valence-corrected chi connectivity index (χ3v) is 4.16. The van der Waals surface area contributed by atoms with Crippen molar-refractivity contribution in [2.45, 2.75) is 32.2 Å². The molecule has 0 saturated heterocycles. The fourth-order valence-electron chi connectivity index (χ4n) is 1.87. The van der Waals surface area contributed by atoms with E-state index in [-0.39, 0.29) is 5.82 Å². The first-order valence-electron chi connectivity index (χ1n) is 7.05. The minimum atomic E-state index is -0.0973. The molecule has 0 aliphatic heterocycles. The van der Waals surface area contributed by atoms with Gasteiger partial charge in [-0.3, -0.25) is 0 Å². The van der Waals surface area contributed by atoms with Crippen molar-refractivity contribution < 1.29 is 4.39 Å². The molecule has 1 aromatic carbocycles. The SMILES string of the molecule is CCNCc1ccc(SCCN(CC)CC)c(F)c1. The Kier molecular flexibility index (Phi) is 8.10. The number of hydrogen-bond acceptors (Lipinski definition) is 3. The minimum absolute atomic E-state index is 0.0973. The molecular formula is C15H25FN2S. The third kappa shape index (κ3) is 5.93. The van der Waals surface area contributed by atoms with E-state index >= 15 is 0 Å². The van der Waals surface area contributed by atoms with Crippen molar-refractivity contribution in [1.82, 2.24) is 10.2 Å². The maximum absolute atomic E-state index is 13.9. The van der Waals surface area contributed by atoms with Crippen LogP contribution in [0.1, 0.15) is 26.3 Å². The molecule has 1 N–H and O–H groups in total. The van der Waals surface area contributed by atoms with Gasteiger partial charge >= 0.3 is 0 Å². The maximum atomic E-state index is 13.9. The van der Waals surface area contributed by atoms with Crippen molar-refractivity contribution in [3.63, 3.8) is 0 Å². The van der Waals surface area contributed by atoms with Gasteiger partial charge in [0.05, 0.1) is 0 Å². The Morgan fingerprint density at radius 3 is 2.53 bits per heavy atom. The molecular weight excluding hydrogens is 259 g/mol. The normalized spacial score (nSPS) is 11.2. The lowest BCUT2D eigenvalue weighted by molar-refractivity contribution is 0.324. The Morgan fingerprint density at radius 1 is 1.21 bits per heavy atom. The Bertz CT molecular complexity index is 367. The highest BCUT2D eigenvalue weighted by atomic mass is 32.2. The molecule has 1 rings (SSSR count). The summed E-state index contributed by atoms with van der Waals surface area (Å²) in [5.41, 5.74) is 1.01. The molecule has 0 fully saturated rings. The van der Waals surface area contributed by atoms with Crippen LogP contribution in [0.4, 0.5) is 4.39 Å². The Morgan fingerprint density at radius 2 is 1.95 bits per heavy atom. The van der Waals surface area contributed by atoms with Crippen molar-refractivity contribution in [1.29, 1.82) is 0 Å². The van der Waals surface area contributed by atoms with Crippen molar-refractivity contribution in [3.05, 3.63) is 29.6 Å². The number of hydrogen-bond donors (Lipinski definition) is 1. The first-order chi connectivity index (χ1) is 9.21. The average Bonchev–Trinajstić information content (AvgIpc) is 2.43. The van der Waals surface area contributed by atoms with E-state index in [0.717, 1.165) is 48.9 Å². The number of benzene rings is 1. The molecule has 108 valence electrons. The van der Waals surface area contributed by atoms with Gasteiger partial charge in [-0.05, 0) is 37.3 Å². The van der Waals surface area contributed by atoms with Crippen molar-refractivity contribution in [3.8, 4) is 0 Å². The predicted octanol–water partition coefficient (Wildman–Crippen LogP) is 3.37. The highest BCUT2D eigenvalue weighted by molar-refractivity contribution is 7.99. The number of nitrogens with zero attached hydrogens (tertiary/aromatic N) is 1. The zero-order chi connectivity index (χ0) is 14.1. The second-order valence-electron chi connectivity index (χ2n) is 4.42. The molecule has 0 aliphatic carbocycles. The summed E-state index contributed by atoms with van der Waals surface area (Å²) in [5.74, 6) is 0.838. The summed E-state index contributed by atoms with van der Waals surface area (Å²) in [6, 6.07) is 5.54. The monoisotopic (exact) mass is 284 g/mol. The topological polar surface area (TPSA) is 15.3 Å². The molecule has 0 heterocycles. The first kappa shape index (κ1) is 16.5. The second-order valence-corrected chi connectivity index (χ2v) is 5.56. The highest BCUT2D eigenvalue weighted by Crippen LogP contribution is 2.22. The summed E-state index contributed by atoms with van der Waals surface area (Å²) < 4.78 is 13.9. The fraction of sp³-hybridized carbons (Fsp3) is 0.600. The molecule has 0 bridgehead atoms. The van der Waals surface area contributed by atoms with Gasteiger partial charge < -0.3 is 10.2 Å². The zero-order valence-corrected chi connectivity index (χ0v) is 13.0. The predicted molar refractivity (Wildman–Crippen MR) is 82.3 cm³/mol. The molecule has 0 spiro atoms. The molecule has 0 radical (unpaired) electrons. The summed E-state index contributed by atoms with van der Waals surface area (Å²) in [5, 5.41) is 3.20. The van der Waals surface area contributed by atoms with E-state index in [2.05, 4.69) is 24.1 Å². The molecule has 4 heteroatoms. The number of halogens is 1. The summed E-state index contributed by atoms with van der Waals surface area (Å²) in [6.07, 6.45) is 0. The second kappa shape index (κ2) is 9.34. The van der Waals surface area contributed by atoms with Crippen LogP contribution in [0.2, 0.25) is 0 Å². The lowest BCUT2D eigenvalue weighted by atomic mass is 10.2. The minimum Gasteiger partial charge on any atom is -0.313 e. The molecule has 0 amide bonds. The number of thioether (sulfide) groups is 1. The molecule has 2 nitrogen and oxygen atoms in total. The average molecular weight is 284 g/mol. The van der Waals surface area contributed by atoms with E-state index in [1.54, 1.807) is 17.8 Å². The van der Waals surface area contributed by atoms with Crippen molar-refractivity contribution in [2.75, 3.05) is 31.9 Å². The Labute approximate surface area is 120 Å². The van der Waals surface area contributed by atoms with Gasteiger partial charge in [0.15, 0.2) is 0 Å². The van der Waals surface area contributed by atoms with E-state index in [0.29, 0.717) is 0 Å². The van der Waals surface area contributed by atoms with Crippen LogP contribution in [0.3, 0.4) is 0 Å². The van der Waals surface area contributed by atoms with Crippen LogP contribution >= 0.6 is 11.8 Å². The quantitative estimate of drug-likeness (QED) is 0.700. The molecule has 0 unspecified atom stereocenters. The molecule has 1 aromatic rings. The van der Waals surface area contributed by atoms with Gasteiger partial charge in [0.2, 0.25) is 0 Å². The number of nitrogens with one attached hydrogen (secondary N) is 1.